The summed E-state index contributed by atoms with van der Waals surface area (Å²) in [6.45, 7) is 1.78. The van der Waals surface area contributed by atoms with Crippen molar-refractivity contribution in [2.24, 2.45) is 0 Å². The van der Waals surface area contributed by atoms with Crippen molar-refractivity contribution in [1.29, 1.82) is 0 Å². The minimum atomic E-state index is -0.480. The zero-order valence-electron chi connectivity index (χ0n) is 10.7. The highest BCUT2D eigenvalue weighted by molar-refractivity contribution is 14.1. The van der Waals surface area contributed by atoms with Crippen molar-refractivity contribution in [3.63, 3.8) is 0 Å². The SMILES string of the molecule is COC(=O)c1c(C)[nH]c(-c2cc(Br)ccc2I)nc1=S. The number of carbonyl (C=O) groups excluding carboxylic acids is 1. The van der Waals surface area contributed by atoms with Gasteiger partial charge in [-0.25, -0.2) is 9.78 Å². The second-order valence-electron chi connectivity index (χ2n) is 4.01. The topological polar surface area (TPSA) is 55.0 Å². The number of esters is 1. The molecule has 0 bridgehead atoms. The maximum atomic E-state index is 11.7. The maximum absolute atomic E-state index is 11.7. The van der Waals surface area contributed by atoms with Gasteiger partial charge in [-0.3, -0.25) is 0 Å². The zero-order chi connectivity index (χ0) is 14.9. The summed E-state index contributed by atoms with van der Waals surface area (Å²) in [5, 5.41) is 0. The number of ether oxygens (including phenoxy) is 1. The fourth-order valence-corrected chi connectivity index (χ4v) is 3.01. The summed E-state index contributed by atoms with van der Waals surface area (Å²) < 4.78 is 6.93. The Morgan fingerprint density at radius 2 is 2.20 bits per heavy atom. The molecule has 1 N–H and O–H groups in total. The van der Waals surface area contributed by atoms with Crippen LogP contribution in [-0.2, 0) is 4.74 Å². The van der Waals surface area contributed by atoms with Gasteiger partial charge >= 0.3 is 5.97 Å². The van der Waals surface area contributed by atoms with Gasteiger partial charge in [0.2, 0.25) is 0 Å². The Morgan fingerprint density at radius 3 is 2.80 bits per heavy atom. The van der Waals surface area contributed by atoms with Crippen molar-refractivity contribution in [3.05, 3.63) is 42.1 Å². The molecule has 0 spiro atoms. The number of aromatic amines is 1. The first-order chi connectivity index (χ1) is 9.43. The Morgan fingerprint density at radius 1 is 1.50 bits per heavy atom. The number of aryl methyl sites for hydroxylation is 1. The molecule has 2 aromatic rings. The molecule has 1 aromatic heterocycles. The molecule has 0 aliphatic carbocycles. The van der Waals surface area contributed by atoms with Gasteiger partial charge in [0.1, 0.15) is 16.0 Å². The molecular weight excluding hydrogens is 455 g/mol. The third-order valence-corrected chi connectivity index (χ3v) is 4.41. The molecule has 1 heterocycles. The molecule has 0 aliphatic heterocycles. The standard InChI is InChI=1S/C13H10BrIN2O2S/c1-6-10(13(18)19-2)12(20)17-11(16-6)8-5-7(14)3-4-9(8)15/h3-5H,1-2H3,(H,16,17,20). The fraction of sp³-hybridized carbons (Fsp3) is 0.154. The van der Waals surface area contributed by atoms with E-state index in [1.807, 2.05) is 18.2 Å². The second-order valence-corrected chi connectivity index (χ2v) is 6.47. The molecule has 0 unspecified atom stereocenters. The predicted octanol–water partition coefficient (Wildman–Crippen LogP) is 4.27. The van der Waals surface area contributed by atoms with E-state index in [1.165, 1.54) is 7.11 Å². The Labute approximate surface area is 143 Å². The molecule has 0 amide bonds. The number of rotatable bonds is 2. The summed E-state index contributed by atoms with van der Waals surface area (Å²) in [6.07, 6.45) is 0. The van der Waals surface area contributed by atoms with Crippen LogP contribution < -0.4 is 0 Å². The Balaban J connectivity index is 2.64. The van der Waals surface area contributed by atoms with E-state index in [2.05, 4.69) is 48.5 Å². The first-order valence-electron chi connectivity index (χ1n) is 5.58. The number of carbonyl (C=O) groups is 1. The molecule has 7 heteroatoms. The van der Waals surface area contributed by atoms with Crippen molar-refractivity contribution < 1.29 is 9.53 Å². The van der Waals surface area contributed by atoms with Crippen molar-refractivity contribution in [2.45, 2.75) is 6.92 Å². The quantitative estimate of drug-likeness (QED) is 0.409. The first kappa shape index (κ1) is 15.6. The first-order valence-corrected chi connectivity index (χ1v) is 7.86. The smallest absolute Gasteiger partial charge is 0.342 e. The van der Waals surface area contributed by atoms with Crippen molar-refractivity contribution in [3.8, 4) is 11.4 Å². The van der Waals surface area contributed by atoms with Crippen LogP contribution in [-0.4, -0.2) is 23.0 Å². The number of benzene rings is 1. The Kier molecular flexibility index (Phi) is 4.92. The van der Waals surface area contributed by atoms with Gasteiger partial charge in [-0.15, -0.1) is 0 Å². The third kappa shape index (κ3) is 3.09. The number of hydrogen-bond donors (Lipinski definition) is 1. The van der Waals surface area contributed by atoms with Crippen molar-refractivity contribution in [2.75, 3.05) is 7.11 Å². The molecule has 4 nitrogen and oxygen atoms in total. The molecule has 0 saturated carbocycles. The van der Waals surface area contributed by atoms with Gasteiger partial charge in [-0.05, 0) is 47.7 Å². The largest absolute Gasteiger partial charge is 0.465 e. The highest BCUT2D eigenvalue weighted by Crippen LogP contribution is 2.26. The molecule has 104 valence electrons. The van der Waals surface area contributed by atoms with Crippen LogP contribution in [0.15, 0.2) is 22.7 Å². The van der Waals surface area contributed by atoms with Crippen LogP contribution in [0.4, 0.5) is 0 Å². The Bertz CT molecular complexity index is 746. The highest BCUT2D eigenvalue weighted by Gasteiger charge is 2.16. The lowest BCUT2D eigenvalue weighted by atomic mass is 10.2. The summed E-state index contributed by atoms with van der Waals surface area (Å²) in [6, 6.07) is 5.88. The molecule has 0 fully saturated rings. The lowest BCUT2D eigenvalue weighted by molar-refractivity contribution is 0.0598. The van der Waals surface area contributed by atoms with Crippen LogP contribution in [0.3, 0.4) is 0 Å². The summed E-state index contributed by atoms with van der Waals surface area (Å²) in [5.74, 6) is 0.151. The number of halogens is 2. The highest BCUT2D eigenvalue weighted by atomic mass is 127. The number of nitrogens with one attached hydrogen (secondary N) is 1. The average Bonchev–Trinajstić information content (AvgIpc) is 2.40. The van der Waals surface area contributed by atoms with Crippen LogP contribution in [0, 0.1) is 15.1 Å². The number of aromatic nitrogens is 2. The number of methoxy groups -OCH3 is 1. The molecule has 0 radical (unpaired) electrons. The van der Waals surface area contributed by atoms with E-state index in [4.69, 9.17) is 17.0 Å². The van der Waals surface area contributed by atoms with Crippen LogP contribution in [0.2, 0.25) is 0 Å². The molecular formula is C13H10BrIN2O2S. The minimum absolute atomic E-state index is 0.235. The van der Waals surface area contributed by atoms with Gasteiger partial charge in [0.25, 0.3) is 0 Å². The number of nitrogens with zero attached hydrogens (tertiary/aromatic N) is 1. The molecule has 1 aromatic carbocycles. The average molecular weight is 465 g/mol. The van der Waals surface area contributed by atoms with E-state index < -0.39 is 5.97 Å². The van der Waals surface area contributed by atoms with Gasteiger partial charge in [0.15, 0.2) is 0 Å². The van der Waals surface area contributed by atoms with E-state index in [9.17, 15) is 4.79 Å². The van der Waals surface area contributed by atoms with Gasteiger partial charge in [0.05, 0.1) is 7.11 Å². The van der Waals surface area contributed by atoms with E-state index in [0.29, 0.717) is 17.1 Å². The van der Waals surface area contributed by atoms with Crippen LogP contribution in [0.1, 0.15) is 16.1 Å². The lowest BCUT2D eigenvalue weighted by Crippen LogP contribution is -2.09. The van der Waals surface area contributed by atoms with Crippen molar-refractivity contribution in [1.82, 2.24) is 9.97 Å². The predicted molar refractivity (Wildman–Crippen MR) is 91.4 cm³/mol. The molecule has 2 rings (SSSR count). The Hall–Kier alpha value is -0.800. The van der Waals surface area contributed by atoms with E-state index in [1.54, 1.807) is 6.92 Å². The molecule has 20 heavy (non-hydrogen) atoms. The van der Waals surface area contributed by atoms with Crippen molar-refractivity contribution >= 4 is 56.7 Å². The van der Waals surface area contributed by atoms with E-state index in [-0.39, 0.29) is 4.64 Å². The summed E-state index contributed by atoms with van der Waals surface area (Å²) in [7, 11) is 1.32. The van der Waals surface area contributed by atoms with Crippen LogP contribution in [0.5, 0.6) is 0 Å². The van der Waals surface area contributed by atoms with E-state index >= 15 is 0 Å². The fourth-order valence-electron chi connectivity index (χ4n) is 1.73. The zero-order valence-corrected chi connectivity index (χ0v) is 15.2. The van der Waals surface area contributed by atoms with Gasteiger partial charge in [-0.2, -0.15) is 0 Å². The number of H-pyrrole nitrogens is 1. The minimum Gasteiger partial charge on any atom is -0.465 e. The van der Waals surface area contributed by atoms with Gasteiger partial charge < -0.3 is 9.72 Å². The second kappa shape index (κ2) is 6.31. The number of hydrogen-bond acceptors (Lipinski definition) is 4. The summed E-state index contributed by atoms with van der Waals surface area (Å²) in [5.41, 5.74) is 1.87. The van der Waals surface area contributed by atoms with Crippen LogP contribution in [0.25, 0.3) is 11.4 Å². The lowest BCUT2D eigenvalue weighted by Gasteiger charge is -2.09. The third-order valence-electron chi connectivity index (χ3n) is 2.68. The maximum Gasteiger partial charge on any atom is 0.342 e. The van der Waals surface area contributed by atoms with E-state index in [0.717, 1.165) is 13.6 Å². The summed E-state index contributed by atoms with van der Waals surface area (Å²) >= 11 is 10.9. The molecule has 0 atom stereocenters. The van der Waals surface area contributed by atoms with Gasteiger partial charge in [-0.1, -0.05) is 28.1 Å². The molecule has 0 aliphatic rings. The summed E-state index contributed by atoms with van der Waals surface area (Å²) in [4.78, 5) is 19.1. The van der Waals surface area contributed by atoms with Gasteiger partial charge in [0, 0.05) is 19.3 Å². The monoisotopic (exact) mass is 464 g/mol. The van der Waals surface area contributed by atoms with Crippen LogP contribution >= 0.6 is 50.7 Å². The molecule has 0 saturated heterocycles. The normalized spacial score (nSPS) is 10.4.